The number of para-hydroxylation sites is 1. The molecule has 35 heavy (non-hydrogen) atoms. The first-order chi connectivity index (χ1) is 16.7. The smallest absolute Gasteiger partial charge is 0.227 e. The van der Waals surface area contributed by atoms with Gasteiger partial charge in [-0.15, -0.1) is 0 Å². The minimum Gasteiger partial charge on any atom is -0.393 e. The van der Waals surface area contributed by atoms with Gasteiger partial charge in [-0.25, -0.2) is 0 Å². The van der Waals surface area contributed by atoms with E-state index in [0.717, 1.165) is 50.3 Å². The number of nitrogens with zero attached hydrogens (tertiary/aromatic N) is 1. The Bertz CT molecular complexity index is 978. The monoisotopic (exact) mass is 479 g/mol. The highest BCUT2D eigenvalue weighted by molar-refractivity contribution is 5.97. The van der Waals surface area contributed by atoms with Crippen LogP contribution in [0.15, 0.2) is 24.3 Å². The van der Waals surface area contributed by atoms with Crippen molar-refractivity contribution in [1.82, 2.24) is 0 Å². The normalized spacial score (nSPS) is 44.9. The second-order valence-electron chi connectivity index (χ2n) is 13.5. The summed E-state index contributed by atoms with van der Waals surface area (Å²) in [6.45, 7) is 7.99. The van der Waals surface area contributed by atoms with E-state index < -0.39 is 0 Å². The van der Waals surface area contributed by atoms with E-state index in [0.29, 0.717) is 36.0 Å². The first kappa shape index (κ1) is 24.0. The fraction of sp³-hybridized carbons (Fsp3) is 0.774. The molecule has 4 aliphatic carbocycles. The lowest BCUT2D eigenvalue weighted by Crippen LogP contribution is -2.58. The van der Waals surface area contributed by atoms with Gasteiger partial charge in [-0.05, 0) is 116 Å². The van der Waals surface area contributed by atoms with Crippen molar-refractivity contribution in [3.05, 3.63) is 29.8 Å². The Morgan fingerprint density at radius 2 is 1.86 bits per heavy atom. The van der Waals surface area contributed by atoms with Crippen LogP contribution in [-0.4, -0.2) is 28.3 Å². The lowest BCUT2D eigenvalue weighted by molar-refractivity contribution is -0.174. The van der Waals surface area contributed by atoms with Gasteiger partial charge in [0, 0.05) is 12.1 Å². The van der Waals surface area contributed by atoms with E-state index in [2.05, 4.69) is 32.9 Å². The highest BCUT2D eigenvalue weighted by atomic mass is 16.3. The molecule has 0 unspecified atom stereocenters. The maximum absolute atomic E-state index is 13.0. The van der Waals surface area contributed by atoms with Crippen LogP contribution in [0.2, 0.25) is 0 Å². The molecule has 1 amide bonds. The third kappa shape index (κ3) is 3.56. The van der Waals surface area contributed by atoms with Crippen molar-refractivity contribution in [3.8, 4) is 0 Å². The first-order valence-electron chi connectivity index (χ1n) is 14.5. The van der Waals surface area contributed by atoms with E-state index >= 15 is 0 Å². The average molecular weight is 480 g/mol. The molecular weight excluding hydrogens is 434 g/mol. The van der Waals surface area contributed by atoms with Gasteiger partial charge in [0.25, 0.3) is 0 Å². The van der Waals surface area contributed by atoms with Crippen molar-refractivity contribution in [2.45, 2.75) is 104 Å². The Morgan fingerprint density at radius 3 is 2.66 bits per heavy atom. The number of hydrogen-bond donors (Lipinski definition) is 2. The Labute approximate surface area is 211 Å². The zero-order valence-electron chi connectivity index (χ0n) is 22.0. The molecule has 1 aliphatic heterocycles. The number of hydrogen-bond acceptors (Lipinski definition) is 3. The fourth-order valence-electron chi connectivity index (χ4n) is 10.1. The standard InChI is InChI=1S/C31H45NO3/c1-19(8-13-29(35)32-18-20-6-4-5-7-27(20)32)24-11-12-25-23-10-9-21-16-22(33)14-15-30(21,2)26(23)17-28(34)31(24,25)3/h4-7,19,21-26,28,33-34H,8-18H2,1-3H3/t19-,21-,22-,23+,24-,25+,26+,28+,30+,31-/m1/s1. The van der Waals surface area contributed by atoms with E-state index in [-0.39, 0.29) is 28.9 Å². The molecule has 0 spiro atoms. The number of anilines is 1. The van der Waals surface area contributed by atoms with Crippen LogP contribution in [0.25, 0.3) is 0 Å². The number of rotatable bonds is 4. The minimum atomic E-state index is -0.246. The van der Waals surface area contributed by atoms with Crippen LogP contribution in [0.1, 0.15) is 90.5 Å². The van der Waals surface area contributed by atoms with Crippen LogP contribution < -0.4 is 4.90 Å². The molecule has 6 rings (SSSR count). The molecule has 0 aromatic heterocycles. The van der Waals surface area contributed by atoms with Crippen molar-refractivity contribution >= 4 is 11.6 Å². The summed E-state index contributed by atoms with van der Waals surface area (Å²) in [6, 6.07) is 8.23. The van der Waals surface area contributed by atoms with Crippen molar-refractivity contribution in [1.29, 1.82) is 0 Å². The largest absolute Gasteiger partial charge is 0.393 e. The molecule has 4 heteroatoms. The maximum atomic E-state index is 13.0. The number of benzene rings is 1. The zero-order chi connectivity index (χ0) is 24.5. The molecule has 4 saturated carbocycles. The fourth-order valence-corrected chi connectivity index (χ4v) is 10.1. The second kappa shape index (κ2) is 8.58. The third-order valence-corrected chi connectivity index (χ3v) is 12.2. The van der Waals surface area contributed by atoms with Gasteiger partial charge in [0.05, 0.1) is 18.8 Å². The van der Waals surface area contributed by atoms with Crippen molar-refractivity contribution in [2.24, 2.45) is 46.3 Å². The number of fused-ring (bicyclic) bond motifs is 6. The maximum Gasteiger partial charge on any atom is 0.227 e. The summed E-state index contributed by atoms with van der Waals surface area (Å²) >= 11 is 0. The Kier molecular flexibility index (Phi) is 5.88. The van der Waals surface area contributed by atoms with E-state index in [1.807, 2.05) is 17.0 Å². The lowest BCUT2D eigenvalue weighted by Gasteiger charge is -2.62. The lowest BCUT2D eigenvalue weighted by atomic mass is 9.43. The van der Waals surface area contributed by atoms with Crippen LogP contribution in [-0.2, 0) is 11.3 Å². The summed E-state index contributed by atoms with van der Waals surface area (Å²) in [4.78, 5) is 14.9. The number of amides is 1. The molecule has 0 bridgehead atoms. The van der Waals surface area contributed by atoms with Crippen LogP contribution in [0, 0.1) is 46.3 Å². The van der Waals surface area contributed by atoms with Crippen LogP contribution in [0.3, 0.4) is 0 Å². The number of aliphatic hydroxyl groups is 2. The Balaban J connectivity index is 1.14. The second-order valence-corrected chi connectivity index (χ2v) is 13.5. The van der Waals surface area contributed by atoms with E-state index in [1.54, 1.807) is 0 Å². The van der Waals surface area contributed by atoms with Crippen molar-refractivity contribution in [3.63, 3.8) is 0 Å². The molecular formula is C31H45NO3. The quantitative estimate of drug-likeness (QED) is 0.562. The van der Waals surface area contributed by atoms with Gasteiger partial charge in [0.2, 0.25) is 5.91 Å². The van der Waals surface area contributed by atoms with Gasteiger partial charge >= 0.3 is 0 Å². The molecule has 4 fully saturated rings. The van der Waals surface area contributed by atoms with Crippen LogP contribution in [0.5, 0.6) is 0 Å². The van der Waals surface area contributed by atoms with E-state index in [1.165, 1.54) is 31.2 Å². The molecule has 5 aliphatic rings. The number of carbonyl (C=O) groups excluding carboxylic acids is 1. The van der Waals surface area contributed by atoms with Gasteiger partial charge in [-0.1, -0.05) is 39.0 Å². The summed E-state index contributed by atoms with van der Waals surface area (Å²) in [6.07, 6.45) is 10.1. The predicted octanol–water partition coefficient (Wildman–Crippen LogP) is 5.94. The van der Waals surface area contributed by atoms with Crippen LogP contribution >= 0.6 is 0 Å². The topological polar surface area (TPSA) is 60.8 Å². The summed E-state index contributed by atoms with van der Waals surface area (Å²) in [7, 11) is 0. The molecule has 1 heterocycles. The molecule has 2 N–H and O–H groups in total. The first-order valence-corrected chi connectivity index (χ1v) is 14.5. The molecule has 0 radical (unpaired) electrons. The highest BCUT2D eigenvalue weighted by Gasteiger charge is 2.63. The van der Waals surface area contributed by atoms with Gasteiger partial charge in [0.15, 0.2) is 0 Å². The zero-order valence-corrected chi connectivity index (χ0v) is 22.0. The molecule has 192 valence electrons. The molecule has 4 nitrogen and oxygen atoms in total. The molecule has 1 aromatic carbocycles. The Morgan fingerprint density at radius 1 is 1.06 bits per heavy atom. The Hall–Kier alpha value is -1.39. The van der Waals surface area contributed by atoms with Crippen LogP contribution in [0.4, 0.5) is 5.69 Å². The summed E-state index contributed by atoms with van der Waals surface area (Å²) in [5, 5.41) is 22.1. The van der Waals surface area contributed by atoms with Crippen molar-refractivity contribution < 1.29 is 15.0 Å². The minimum absolute atomic E-state index is 0.0234. The highest BCUT2D eigenvalue weighted by Crippen LogP contribution is 2.68. The van der Waals surface area contributed by atoms with E-state index in [4.69, 9.17) is 0 Å². The number of aliphatic hydroxyl groups excluding tert-OH is 2. The molecule has 10 atom stereocenters. The van der Waals surface area contributed by atoms with E-state index in [9.17, 15) is 15.0 Å². The summed E-state index contributed by atoms with van der Waals surface area (Å²) in [5.41, 5.74) is 2.63. The van der Waals surface area contributed by atoms with Gasteiger partial charge < -0.3 is 15.1 Å². The number of carbonyl (C=O) groups is 1. The molecule has 0 saturated heterocycles. The van der Waals surface area contributed by atoms with Crippen molar-refractivity contribution in [2.75, 3.05) is 4.90 Å². The SMILES string of the molecule is C[C@H](CCC(=O)N1Cc2ccccc21)[C@H]1CC[C@H]2[C@@H]3CC[C@@H]4C[C@H](O)CC[C@]4(C)[C@H]3C[C@H](O)[C@]12C. The molecule has 1 aromatic rings. The van der Waals surface area contributed by atoms with Gasteiger partial charge in [0.1, 0.15) is 0 Å². The summed E-state index contributed by atoms with van der Waals surface area (Å²) in [5.74, 6) is 3.75. The summed E-state index contributed by atoms with van der Waals surface area (Å²) < 4.78 is 0. The van der Waals surface area contributed by atoms with Gasteiger partial charge in [-0.3, -0.25) is 4.79 Å². The average Bonchev–Trinajstić information content (AvgIpc) is 3.18. The predicted molar refractivity (Wildman–Crippen MR) is 139 cm³/mol. The third-order valence-electron chi connectivity index (χ3n) is 12.2. The van der Waals surface area contributed by atoms with Gasteiger partial charge in [-0.2, -0.15) is 0 Å².